The molecule has 0 saturated carbocycles. The third kappa shape index (κ3) is 2.63. The summed E-state index contributed by atoms with van der Waals surface area (Å²) in [5.74, 6) is 2.21. The van der Waals surface area contributed by atoms with Crippen LogP contribution in [0.15, 0.2) is 24.3 Å². The Labute approximate surface area is 141 Å². The maximum Gasteiger partial charge on any atom is 0.152 e. The molecular formula is C19H24N4O. The molecule has 0 radical (unpaired) electrons. The molecule has 2 N–H and O–H groups in total. The monoisotopic (exact) mass is 324 g/mol. The summed E-state index contributed by atoms with van der Waals surface area (Å²) in [7, 11) is 0. The SMILES string of the molecule is CCCCc1nc2c(N)nc3ccccc3c2n1CC1CCOC1. The fourth-order valence-electron chi connectivity index (χ4n) is 3.61. The molecule has 1 aliphatic rings. The van der Waals surface area contributed by atoms with Gasteiger partial charge in [-0.2, -0.15) is 0 Å². The molecule has 1 saturated heterocycles. The topological polar surface area (TPSA) is 66.0 Å². The Balaban J connectivity index is 1.92. The number of aromatic nitrogens is 3. The van der Waals surface area contributed by atoms with E-state index in [4.69, 9.17) is 15.5 Å². The van der Waals surface area contributed by atoms with Crippen molar-refractivity contribution in [3.63, 3.8) is 0 Å². The van der Waals surface area contributed by atoms with Crippen LogP contribution in [-0.4, -0.2) is 27.7 Å². The first-order valence-corrected chi connectivity index (χ1v) is 8.89. The summed E-state index contributed by atoms with van der Waals surface area (Å²) in [5, 5.41) is 1.14. The third-order valence-electron chi connectivity index (χ3n) is 4.91. The summed E-state index contributed by atoms with van der Waals surface area (Å²) < 4.78 is 7.96. The van der Waals surface area contributed by atoms with Gasteiger partial charge in [0.2, 0.25) is 0 Å². The Hall–Kier alpha value is -2.14. The van der Waals surface area contributed by atoms with Crippen molar-refractivity contribution in [1.82, 2.24) is 14.5 Å². The van der Waals surface area contributed by atoms with Gasteiger partial charge < -0.3 is 15.0 Å². The number of ether oxygens (including phenoxy) is 1. The molecule has 3 heterocycles. The predicted octanol–water partition coefficient (Wildman–Crippen LogP) is 3.55. The van der Waals surface area contributed by atoms with Crippen molar-refractivity contribution in [2.75, 3.05) is 18.9 Å². The number of para-hydroxylation sites is 1. The number of nitrogens with two attached hydrogens (primary N) is 1. The summed E-state index contributed by atoms with van der Waals surface area (Å²) in [5.41, 5.74) is 9.15. The van der Waals surface area contributed by atoms with E-state index in [2.05, 4.69) is 28.6 Å². The highest BCUT2D eigenvalue weighted by Crippen LogP contribution is 2.30. The molecule has 1 atom stereocenters. The lowest BCUT2D eigenvalue weighted by molar-refractivity contribution is 0.182. The summed E-state index contributed by atoms with van der Waals surface area (Å²) in [6, 6.07) is 8.20. The van der Waals surface area contributed by atoms with Crippen LogP contribution < -0.4 is 5.73 Å². The first-order chi connectivity index (χ1) is 11.8. The van der Waals surface area contributed by atoms with E-state index < -0.39 is 0 Å². The van der Waals surface area contributed by atoms with Crippen molar-refractivity contribution < 1.29 is 4.74 Å². The number of unbranched alkanes of at least 4 members (excludes halogenated alkanes) is 1. The minimum Gasteiger partial charge on any atom is -0.382 e. The predicted molar refractivity (Wildman–Crippen MR) is 97.0 cm³/mol. The van der Waals surface area contributed by atoms with Crippen LogP contribution in [0.2, 0.25) is 0 Å². The van der Waals surface area contributed by atoms with Gasteiger partial charge in [-0.25, -0.2) is 9.97 Å². The van der Waals surface area contributed by atoms with E-state index in [1.807, 2.05) is 12.1 Å². The van der Waals surface area contributed by atoms with Gasteiger partial charge in [0.1, 0.15) is 11.3 Å². The number of hydrogen-bond donors (Lipinski definition) is 1. The number of benzene rings is 1. The second-order valence-corrected chi connectivity index (χ2v) is 6.68. The number of nitrogen functional groups attached to an aromatic ring is 1. The summed E-state index contributed by atoms with van der Waals surface area (Å²) >= 11 is 0. The highest BCUT2D eigenvalue weighted by atomic mass is 16.5. The summed E-state index contributed by atoms with van der Waals surface area (Å²) in [6.45, 7) is 4.86. The van der Waals surface area contributed by atoms with Gasteiger partial charge in [0.05, 0.1) is 17.6 Å². The number of nitrogens with zero attached hydrogens (tertiary/aromatic N) is 3. The van der Waals surface area contributed by atoms with Crippen LogP contribution in [0, 0.1) is 5.92 Å². The summed E-state index contributed by atoms with van der Waals surface area (Å²) in [6.07, 6.45) is 4.39. The number of pyridine rings is 1. The van der Waals surface area contributed by atoms with Crippen molar-refractivity contribution >= 4 is 27.8 Å². The molecule has 0 amide bonds. The molecule has 1 aliphatic heterocycles. The van der Waals surface area contributed by atoms with Gasteiger partial charge in [-0.1, -0.05) is 31.5 Å². The Morgan fingerprint density at radius 3 is 2.96 bits per heavy atom. The van der Waals surface area contributed by atoms with Crippen molar-refractivity contribution in [3.8, 4) is 0 Å². The normalized spacial score (nSPS) is 18.0. The lowest BCUT2D eigenvalue weighted by Crippen LogP contribution is -2.13. The molecule has 3 aromatic rings. The van der Waals surface area contributed by atoms with Crippen molar-refractivity contribution in [1.29, 1.82) is 0 Å². The molecule has 5 heteroatoms. The number of aryl methyl sites for hydroxylation is 1. The Bertz CT molecular complexity index is 865. The van der Waals surface area contributed by atoms with Crippen LogP contribution in [0.3, 0.4) is 0 Å². The van der Waals surface area contributed by atoms with Gasteiger partial charge in [-0.05, 0) is 18.9 Å². The van der Waals surface area contributed by atoms with Gasteiger partial charge in [-0.15, -0.1) is 0 Å². The molecule has 0 spiro atoms. The number of hydrogen-bond acceptors (Lipinski definition) is 4. The third-order valence-corrected chi connectivity index (χ3v) is 4.91. The van der Waals surface area contributed by atoms with Gasteiger partial charge in [-0.3, -0.25) is 0 Å². The van der Waals surface area contributed by atoms with Crippen molar-refractivity contribution in [2.45, 2.75) is 39.2 Å². The smallest absolute Gasteiger partial charge is 0.152 e. The Morgan fingerprint density at radius 1 is 1.29 bits per heavy atom. The highest BCUT2D eigenvalue weighted by Gasteiger charge is 2.22. The van der Waals surface area contributed by atoms with E-state index >= 15 is 0 Å². The molecule has 4 rings (SSSR count). The average molecular weight is 324 g/mol. The van der Waals surface area contributed by atoms with Crippen LogP contribution in [0.5, 0.6) is 0 Å². The maximum atomic E-state index is 6.23. The fraction of sp³-hybridized carbons (Fsp3) is 0.474. The standard InChI is InChI=1S/C19H24N4O/c1-2-3-8-16-22-17-18(23(16)11-13-9-10-24-12-13)14-6-4-5-7-15(14)21-19(17)20/h4-7,13H,2-3,8-12H2,1H3,(H2,20,21). The van der Waals surface area contributed by atoms with Crippen LogP contribution in [0.25, 0.3) is 21.9 Å². The number of imidazole rings is 1. The molecule has 24 heavy (non-hydrogen) atoms. The van der Waals surface area contributed by atoms with E-state index in [1.165, 1.54) is 0 Å². The zero-order valence-corrected chi connectivity index (χ0v) is 14.2. The van der Waals surface area contributed by atoms with E-state index in [-0.39, 0.29) is 0 Å². The molecule has 5 nitrogen and oxygen atoms in total. The molecule has 1 fully saturated rings. The highest BCUT2D eigenvalue weighted by molar-refractivity contribution is 6.06. The van der Waals surface area contributed by atoms with Gasteiger partial charge in [0, 0.05) is 30.9 Å². The van der Waals surface area contributed by atoms with E-state index in [1.54, 1.807) is 0 Å². The molecule has 1 aromatic carbocycles. The molecule has 126 valence electrons. The molecule has 2 aromatic heterocycles. The zero-order valence-electron chi connectivity index (χ0n) is 14.2. The molecule has 0 aliphatic carbocycles. The molecule has 1 unspecified atom stereocenters. The summed E-state index contributed by atoms with van der Waals surface area (Å²) in [4.78, 5) is 9.42. The zero-order chi connectivity index (χ0) is 16.5. The van der Waals surface area contributed by atoms with Gasteiger partial charge in [0.15, 0.2) is 5.82 Å². The average Bonchev–Trinajstić information content (AvgIpc) is 3.22. The maximum absolute atomic E-state index is 6.23. The van der Waals surface area contributed by atoms with E-state index in [0.717, 1.165) is 73.2 Å². The second-order valence-electron chi connectivity index (χ2n) is 6.68. The Kier molecular flexibility index (Phi) is 4.10. The van der Waals surface area contributed by atoms with Crippen LogP contribution >= 0.6 is 0 Å². The minimum atomic E-state index is 0.530. The fourth-order valence-corrected chi connectivity index (χ4v) is 3.61. The molecular weight excluding hydrogens is 300 g/mol. The van der Waals surface area contributed by atoms with E-state index in [0.29, 0.717) is 11.7 Å². The number of fused-ring (bicyclic) bond motifs is 3. The first-order valence-electron chi connectivity index (χ1n) is 8.89. The largest absolute Gasteiger partial charge is 0.382 e. The lowest BCUT2D eigenvalue weighted by Gasteiger charge is -2.14. The quantitative estimate of drug-likeness (QED) is 0.779. The van der Waals surface area contributed by atoms with E-state index in [9.17, 15) is 0 Å². The number of rotatable bonds is 5. The Morgan fingerprint density at radius 2 is 2.17 bits per heavy atom. The van der Waals surface area contributed by atoms with Crippen LogP contribution in [0.4, 0.5) is 5.82 Å². The van der Waals surface area contributed by atoms with Gasteiger partial charge >= 0.3 is 0 Å². The second kappa shape index (κ2) is 6.40. The van der Waals surface area contributed by atoms with Gasteiger partial charge in [0.25, 0.3) is 0 Å². The van der Waals surface area contributed by atoms with Crippen LogP contribution in [0.1, 0.15) is 32.0 Å². The molecule has 0 bridgehead atoms. The van der Waals surface area contributed by atoms with Crippen molar-refractivity contribution in [3.05, 3.63) is 30.1 Å². The lowest BCUT2D eigenvalue weighted by atomic mass is 10.1. The number of anilines is 1. The van der Waals surface area contributed by atoms with Crippen molar-refractivity contribution in [2.24, 2.45) is 5.92 Å². The minimum absolute atomic E-state index is 0.530. The van der Waals surface area contributed by atoms with Crippen LogP contribution in [-0.2, 0) is 17.7 Å². The first kappa shape index (κ1) is 15.4.